The summed E-state index contributed by atoms with van der Waals surface area (Å²) >= 11 is 0. The number of halogens is 1. The van der Waals surface area contributed by atoms with Gasteiger partial charge in [0.05, 0.1) is 13.5 Å². The Kier molecular flexibility index (Phi) is 3.82. The number of rotatable bonds is 3. The molecule has 0 heterocycles. The highest BCUT2D eigenvalue weighted by Crippen LogP contribution is 2.11. The molecule has 0 aromatic heterocycles. The van der Waals surface area contributed by atoms with E-state index in [4.69, 9.17) is 5.73 Å². The third-order valence-electron chi connectivity index (χ3n) is 2.01. The number of hydrogen-bond acceptors (Lipinski definition) is 4. The maximum Gasteiger partial charge on any atom is 0.310 e. The molecule has 0 aliphatic rings. The average Bonchev–Trinajstić information content (AvgIpc) is 2.30. The van der Waals surface area contributed by atoms with Gasteiger partial charge in [-0.3, -0.25) is 4.79 Å². The molecule has 0 fully saturated rings. The Morgan fingerprint density at radius 1 is 1.62 bits per heavy atom. The quantitative estimate of drug-likeness (QED) is 0.355. The molecule has 0 amide bonds. The van der Waals surface area contributed by atoms with Gasteiger partial charge in [-0.05, 0) is 11.6 Å². The topological polar surface area (TPSA) is 87.7 Å². The molecular formula is C10H10FN2O3-. The molecule has 6 heteroatoms. The summed E-state index contributed by atoms with van der Waals surface area (Å²) in [5.74, 6) is -1.48. The van der Waals surface area contributed by atoms with Crippen molar-refractivity contribution in [3.63, 3.8) is 0 Å². The number of nitrogens with zero attached hydrogens (tertiary/aromatic N) is 1. The van der Waals surface area contributed by atoms with Crippen LogP contribution in [0.1, 0.15) is 11.1 Å². The minimum Gasteiger partial charge on any atom is -0.790 e. The number of nitrogens with two attached hydrogens (primary N) is 1. The minimum absolute atomic E-state index is 0.170. The molecular weight excluding hydrogens is 215 g/mol. The highest BCUT2D eigenvalue weighted by molar-refractivity contribution is 5.97. The monoisotopic (exact) mass is 225 g/mol. The van der Waals surface area contributed by atoms with Crippen molar-refractivity contribution in [3.05, 3.63) is 40.4 Å². The first-order valence-electron chi connectivity index (χ1n) is 4.40. The fourth-order valence-corrected chi connectivity index (χ4v) is 1.13. The van der Waals surface area contributed by atoms with Crippen LogP contribution in [0.2, 0.25) is 0 Å². The zero-order chi connectivity index (χ0) is 12.1. The number of hydrogen-bond donors (Lipinski definition) is 1. The van der Waals surface area contributed by atoms with Crippen molar-refractivity contribution >= 4 is 11.8 Å². The maximum absolute atomic E-state index is 13.4. The van der Waals surface area contributed by atoms with Crippen LogP contribution in [-0.2, 0) is 16.0 Å². The number of ether oxygens (including phenoxy) is 1. The predicted molar refractivity (Wildman–Crippen MR) is 56.2 cm³/mol. The van der Waals surface area contributed by atoms with E-state index in [0.717, 1.165) is 6.07 Å². The van der Waals surface area contributed by atoms with E-state index in [1.807, 2.05) is 0 Å². The van der Waals surface area contributed by atoms with E-state index in [2.05, 4.69) is 9.89 Å². The lowest BCUT2D eigenvalue weighted by Crippen LogP contribution is -2.14. The number of esters is 1. The van der Waals surface area contributed by atoms with Crippen LogP contribution in [-0.4, -0.2) is 18.9 Å². The highest BCUT2D eigenvalue weighted by Gasteiger charge is 2.09. The number of amidine groups is 1. The fraction of sp³-hybridized carbons (Fsp3) is 0.200. The summed E-state index contributed by atoms with van der Waals surface area (Å²) < 4.78 is 17.8. The lowest BCUT2D eigenvalue weighted by atomic mass is 10.1. The number of benzene rings is 1. The van der Waals surface area contributed by atoms with E-state index in [9.17, 15) is 14.4 Å². The summed E-state index contributed by atoms with van der Waals surface area (Å²) in [6, 6.07) is 3.83. The molecule has 0 radical (unpaired) electrons. The van der Waals surface area contributed by atoms with Crippen LogP contribution in [0.25, 0.3) is 0 Å². The lowest BCUT2D eigenvalue weighted by Gasteiger charge is -2.06. The summed E-state index contributed by atoms with van der Waals surface area (Å²) in [6.45, 7) is 0. The second kappa shape index (κ2) is 5.11. The van der Waals surface area contributed by atoms with Gasteiger partial charge in [0.15, 0.2) is 0 Å². The molecule has 1 aromatic carbocycles. The second-order valence-corrected chi connectivity index (χ2v) is 3.04. The third kappa shape index (κ3) is 2.69. The molecule has 0 aliphatic carbocycles. The Labute approximate surface area is 91.3 Å². The molecule has 2 N–H and O–H groups in total. The molecule has 0 unspecified atom stereocenters. The number of carbonyl (C=O) groups is 1. The largest absolute Gasteiger partial charge is 0.790 e. The van der Waals surface area contributed by atoms with E-state index >= 15 is 0 Å². The normalized spacial score (nSPS) is 11.2. The van der Waals surface area contributed by atoms with Gasteiger partial charge >= 0.3 is 5.97 Å². The van der Waals surface area contributed by atoms with Crippen LogP contribution < -0.4 is 5.73 Å². The van der Waals surface area contributed by atoms with Gasteiger partial charge in [0.1, 0.15) is 11.7 Å². The van der Waals surface area contributed by atoms with Crippen molar-refractivity contribution < 1.29 is 13.9 Å². The van der Waals surface area contributed by atoms with Gasteiger partial charge in [0, 0.05) is 5.56 Å². The van der Waals surface area contributed by atoms with Crippen molar-refractivity contribution in [2.24, 2.45) is 10.9 Å². The van der Waals surface area contributed by atoms with E-state index < -0.39 is 11.8 Å². The summed E-state index contributed by atoms with van der Waals surface area (Å²) in [5.41, 5.74) is 5.58. The van der Waals surface area contributed by atoms with E-state index in [1.54, 1.807) is 0 Å². The van der Waals surface area contributed by atoms with Crippen molar-refractivity contribution in [1.82, 2.24) is 0 Å². The summed E-state index contributed by atoms with van der Waals surface area (Å²) in [5, 5.41) is 12.6. The van der Waals surface area contributed by atoms with Crippen LogP contribution in [0.5, 0.6) is 0 Å². The van der Waals surface area contributed by atoms with E-state index in [-0.39, 0.29) is 23.4 Å². The standard InChI is InChI=1S/C10H11FN2O3/c1-16-9(14)5-6-2-3-7(4-8(6)11)10(12)13-15/h2-4,15H,5H2,1H3,(H2,12,13)/p-1. The molecule has 5 nitrogen and oxygen atoms in total. The smallest absolute Gasteiger partial charge is 0.310 e. The van der Waals surface area contributed by atoms with Crippen molar-refractivity contribution in [1.29, 1.82) is 0 Å². The van der Waals surface area contributed by atoms with Crippen LogP contribution >= 0.6 is 0 Å². The van der Waals surface area contributed by atoms with Gasteiger partial charge < -0.3 is 20.8 Å². The Morgan fingerprint density at radius 3 is 2.81 bits per heavy atom. The Morgan fingerprint density at radius 2 is 2.31 bits per heavy atom. The highest BCUT2D eigenvalue weighted by atomic mass is 19.1. The van der Waals surface area contributed by atoms with Gasteiger partial charge in [0.25, 0.3) is 0 Å². The fourth-order valence-electron chi connectivity index (χ4n) is 1.13. The van der Waals surface area contributed by atoms with E-state index in [1.165, 1.54) is 19.2 Å². The van der Waals surface area contributed by atoms with Crippen molar-refractivity contribution in [3.8, 4) is 0 Å². The first kappa shape index (κ1) is 12.0. The first-order valence-corrected chi connectivity index (χ1v) is 4.40. The number of carbonyl (C=O) groups excluding carboxylic acids is 1. The predicted octanol–water partition coefficient (Wildman–Crippen LogP) is 0.744. The first-order chi connectivity index (χ1) is 7.58. The van der Waals surface area contributed by atoms with Gasteiger partial charge in [0.2, 0.25) is 0 Å². The zero-order valence-corrected chi connectivity index (χ0v) is 8.57. The zero-order valence-electron chi connectivity index (χ0n) is 8.57. The Bertz CT molecular complexity index is 432. The molecule has 1 aromatic rings. The van der Waals surface area contributed by atoms with Gasteiger partial charge in [-0.2, -0.15) is 0 Å². The van der Waals surface area contributed by atoms with E-state index in [0.29, 0.717) is 0 Å². The Hall–Kier alpha value is -2.11. The Balaban J connectivity index is 2.96. The summed E-state index contributed by atoms with van der Waals surface area (Å²) in [4.78, 5) is 10.9. The van der Waals surface area contributed by atoms with Crippen LogP contribution in [0.15, 0.2) is 23.4 Å². The maximum atomic E-state index is 13.4. The van der Waals surface area contributed by atoms with Gasteiger partial charge in [-0.1, -0.05) is 12.1 Å². The second-order valence-electron chi connectivity index (χ2n) is 3.04. The van der Waals surface area contributed by atoms with Crippen LogP contribution in [0, 0.1) is 11.0 Å². The summed E-state index contributed by atoms with van der Waals surface area (Å²) in [6.07, 6.45) is -0.170. The van der Waals surface area contributed by atoms with Crippen LogP contribution in [0.4, 0.5) is 4.39 Å². The van der Waals surface area contributed by atoms with Gasteiger partial charge in [-0.25, -0.2) is 4.39 Å². The third-order valence-corrected chi connectivity index (χ3v) is 2.01. The molecule has 0 saturated carbocycles. The van der Waals surface area contributed by atoms with Crippen molar-refractivity contribution in [2.45, 2.75) is 6.42 Å². The lowest BCUT2D eigenvalue weighted by molar-refractivity contribution is -0.139. The molecule has 86 valence electrons. The minimum atomic E-state index is -0.630. The molecule has 0 saturated heterocycles. The SMILES string of the molecule is COC(=O)Cc1ccc(/C(N)=N/[O-])cc1F. The average molecular weight is 225 g/mol. The molecule has 0 atom stereocenters. The molecule has 0 spiro atoms. The molecule has 0 bridgehead atoms. The molecule has 0 aliphatic heterocycles. The van der Waals surface area contributed by atoms with Gasteiger partial charge in [-0.15, -0.1) is 0 Å². The number of methoxy groups -OCH3 is 1. The molecule has 1 rings (SSSR count). The summed E-state index contributed by atoms with van der Waals surface area (Å²) in [7, 11) is 1.22. The van der Waals surface area contributed by atoms with Crippen LogP contribution in [0.3, 0.4) is 0 Å². The van der Waals surface area contributed by atoms with Crippen molar-refractivity contribution in [2.75, 3.05) is 7.11 Å². The molecule has 16 heavy (non-hydrogen) atoms.